The second-order valence-corrected chi connectivity index (χ2v) is 10.9. The molecule has 4 heterocycles. The Morgan fingerprint density at radius 2 is 1.69 bits per heavy atom. The number of anilines is 1. The van der Waals surface area contributed by atoms with Gasteiger partial charge in [0.15, 0.2) is 6.17 Å². The summed E-state index contributed by atoms with van der Waals surface area (Å²) in [5.74, 6) is -0.784. The molecular weight excluding hydrogens is 540 g/mol. The summed E-state index contributed by atoms with van der Waals surface area (Å²) in [6.07, 6.45) is 0.698. The number of hydrogen-bond donors (Lipinski definition) is 1. The van der Waals surface area contributed by atoms with Crippen LogP contribution in [0.5, 0.6) is 0 Å². The molecule has 3 aromatic rings. The molecule has 42 heavy (non-hydrogen) atoms. The van der Waals surface area contributed by atoms with E-state index in [0.717, 1.165) is 25.2 Å². The summed E-state index contributed by atoms with van der Waals surface area (Å²) in [6.45, 7) is 4.94. The van der Waals surface area contributed by atoms with E-state index in [4.69, 9.17) is 14.5 Å². The van der Waals surface area contributed by atoms with E-state index >= 15 is 8.78 Å². The second kappa shape index (κ2) is 11.3. The number of benzodiazepines with no additional fused rings is 1. The molecule has 0 bridgehead atoms. The third-order valence-corrected chi connectivity index (χ3v) is 8.16. The maximum atomic E-state index is 15.3. The number of carbonyl (C=O) groups excluding carboxylic acids is 1. The van der Waals surface area contributed by atoms with Gasteiger partial charge in [0.25, 0.3) is 5.91 Å². The van der Waals surface area contributed by atoms with Crippen LogP contribution in [0.15, 0.2) is 89.7 Å². The molecule has 1 amide bonds. The largest absolute Gasteiger partial charge is 0.478 e. The van der Waals surface area contributed by atoms with Gasteiger partial charge >= 0.3 is 0 Å². The number of nitrogens with zero attached hydrogens (tertiary/aromatic N) is 4. The van der Waals surface area contributed by atoms with Gasteiger partial charge in [-0.1, -0.05) is 60.7 Å². The van der Waals surface area contributed by atoms with Crippen molar-refractivity contribution in [2.45, 2.75) is 12.2 Å². The topological polar surface area (TPSA) is 69.6 Å². The zero-order valence-electron chi connectivity index (χ0n) is 23.0. The molecule has 2 saturated heterocycles. The summed E-state index contributed by atoms with van der Waals surface area (Å²) in [4.78, 5) is 21.4. The van der Waals surface area contributed by atoms with E-state index in [-0.39, 0.29) is 11.6 Å². The van der Waals surface area contributed by atoms with Crippen LogP contribution in [0.25, 0.3) is 0 Å². The Morgan fingerprint density at radius 1 is 0.929 bits per heavy atom. The molecular formula is C32H31F2N5O3. The predicted molar refractivity (Wildman–Crippen MR) is 153 cm³/mol. The molecule has 1 N–H and O–H groups in total. The molecule has 3 aromatic carbocycles. The van der Waals surface area contributed by atoms with Crippen LogP contribution in [0.1, 0.15) is 22.7 Å². The number of benzene rings is 3. The van der Waals surface area contributed by atoms with Gasteiger partial charge in [-0.3, -0.25) is 19.7 Å². The molecule has 4 aliphatic heterocycles. The Hall–Kier alpha value is -4.12. The third-order valence-electron chi connectivity index (χ3n) is 8.16. The predicted octanol–water partition coefficient (Wildman–Crippen LogP) is 4.17. The van der Waals surface area contributed by atoms with E-state index in [1.54, 1.807) is 35.3 Å². The average Bonchev–Trinajstić information content (AvgIpc) is 3.30. The number of para-hydroxylation sites is 1. The average molecular weight is 572 g/mol. The first-order valence-corrected chi connectivity index (χ1v) is 14.2. The molecule has 2 unspecified atom stereocenters. The van der Waals surface area contributed by atoms with Crippen LogP contribution in [-0.2, 0) is 14.3 Å². The first-order valence-electron chi connectivity index (χ1n) is 14.2. The van der Waals surface area contributed by atoms with Crippen molar-refractivity contribution in [2.24, 2.45) is 10.9 Å². The van der Waals surface area contributed by atoms with Crippen molar-refractivity contribution in [1.82, 2.24) is 14.9 Å². The lowest BCUT2D eigenvalue weighted by molar-refractivity contribution is -0.142. The van der Waals surface area contributed by atoms with Crippen molar-refractivity contribution in [1.29, 1.82) is 0 Å². The monoisotopic (exact) mass is 571 g/mol. The van der Waals surface area contributed by atoms with Crippen molar-refractivity contribution in [2.75, 3.05) is 51.3 Å². The molecule has 0 saturated carbocycles. The minimum absolute atomic E-state index is 0.0718. The highest BCUT2D eigenvalue weighted by molar-refractivity contribution is 6.19. The lowest BCUT2D eigenvalue weighted by Gasteiger charge is -2.43. The van der Waals surface area contributed by atoms with Gasteiger partial charge in [-0.25, -0.2) is 8.78 Å². The van der Waals surface area contributed by atoms with Crippen molar-refractivity contribution in [3.05, 3.63) is 113 Å². The van der Waals surface area contributed by atoms with E-state index in [9.17, 15) is 4.79 Å². The number of halogens is 2. The Morgan fingerprint density at radius 3 is 2.50 bits per heavy atom. The Bertz CT molecular complexity index is 1540. The molecule has 0 aromatic heterocycles. The Labute approximate surface area is 242 Å². The minimum Gasteiger partial charge on any atom is -0.478 e. The molecule has 0 radical (unpaired) electrons. The number of carbonyl (C=O) groups is 1. The van der Waals surface area contributed by atoms with E-state index in [1.165, 1.54) is 12.1 Å². The van der Waals surface area contributed by atoms with Gasteiger partial charge in [-0.15, -0.1) is 0 Å². The lowest BCUT2D eigenvalue weighted by Crippen LogP contribution is -2.55. The van der Waals surface area contributed by atoms with E-state index in [0.29, 0.717) is 49.1 Å². The van der Waals surface area contributed by atoms with Gasteiger partial charge in [0.1, 0.15) is 11.6 Å². The number of rotatable bonds is 5. The van der Waals surface area contributed by atoms with Crippen molar-refractivity contribution < 1.29 is 23.0 Å². The molecule has 4 aliphatic rings. The molecule has 0 aliphatic carbocycles. The first kappa shape index (κ1) is 26.8. The zero-order valence-corrected chi connectivity index (χ0v) is 23.0. The number of ether oxygens (including phenoxy) is 2. The number of hydrazine groups is 1. The van der Waals surface area contributed by atoms with E-state index < -0.39 is 29.7 Å². The maximum Gasteiger partial charge on any atom is 0.265 e. The number of morpholine rings is 1. The van der Waals surface area contributed by atoms with Crippen LogP contribution in [0, 0.1) is 17.6 Å². The third kappa shape index (κ3) is 4.95. The van der Waals surface area contributed by atoms with E-state index in [2.05, 4.69) is 10.2 Å². The molecule has 8 nitrogen and oxygen atoms in total. The van der Waals surface area contributed by atoms with Gasteiger partial charge in [0.2, 0.25) is 5.88 Å². The molecule has 216 valence electrons. The molecule has 2 fully saturated rings. The van der Waals surface area contributed by atoms with Gasteiger partial charge in [0, 0.05) is 54.9 Å². The molecule has 7 rings (SSSR count). The quantitative estimate of drug-likeness (QED) is 0.496. The molecule has 3 atom stereocenters. The van der Waals surface area contributed by atoms with Gasteiger partial charge in [-0.2, -0.15) is 5.01 Å². The van der Waals surface area contributed by atoms with Gasteiger partial charge in [0.05, 0.1) is 37.3 Å². The fourth-order valence-electron chi connectivity index (χ4n) is 6.15. The van der Waals surface area contributed by atoms with Crippen molar-refractivity contribution in [3.8, 4) is 0 Å². The smallest absolute Gasteiger partial charge is 0.265 e. The summed E-state index contributed by atoms with van der Waals surface area (Å²) in [5, 5.41) is 6.49. The van der Waals surface area contributed by atoms with Crippen LogP contribution in [-0.4, -0.2) is 78.7 Å². The van der Waals surface area contributed by atoms with Crippen LogP contribution in [0.4, 0.5) is 14.5 Å². The van der Waals surface area contributed by atoms with E-state index in [1.807, 2.05) is 41.4 Å². The zero-order chi connectivity index (χ0) is 28.6. The van der Waals surface area contributed by atoms with Crippen LogP contribution in [0.3, 0.4) is 0 Å². The van der Waals surface area contributed by atoms with Crippen LogP contribution >= 0.6 is 0 Å². The first-order chi connectivity index (χ1) is 20.6. The second-order valence-electron chi connectivity index (χ2n) is 10.9. The summed E-state index contributed by atoms with van der Waals surface area (Å²) in [7, 11) is 0. The number of amides is 1. The van der Waals surface area contributed by atoms with Crippen LogP contribution < -0.4 is 5.32 Å². The summed E-state index contributed by atoms with van der Waals surface area (Å²) in [6, 6.07) is 19.9. The normalized spacial score (nSPS) is 24.6. The maximum absolute atomic E-state index is 15.3. The summed E-state index contributed by atoms with van der Waals surface area (Å²) < 4.78 is 42.2. The molecule has 10 heteroatoms. The molecule has 0 spiro atoms. The summed E-state index contributed by atoms with van der Waals surface area (Å²) >= 11 is 0. The minimum atomic E-state index is -1.14. The highest BCUT2D eigenvalue weighted by Crippen LogP contribution is 2.41. The van der Waals surface area contributed by atoms with Crippen molar-refractivity contribution >= 4 is 17.3 Å². The fourth-order valence-corrected chi connectivity index (χ4v) is 6.15. The number of aliphatic imine (C=N–C) groups is 1. The lowest BCUT2D eigenvalue weighted by atomic mass is 10.0. The van der Waals surface area contributed by atoms with Gasteiger partial charge < -0.3 is 14.8 Å². The van der Waals surface area contributed by atoms with Crippen molar-refractivity contribution in [3.63, 3.8) is 0 Å². The van der Waals surface area contributed by atoms with Gasteiger partial charge in [-0.05, 0) is 12.1 Å². The SMILES string of the molecule is O=C1Nc2c(F)cccc2C(c2ccccc2)=N[C@H]1N1C(c2ccccc2F)C=C2OCC(CN3CCOCC3)CN21. The highest BCUT2D eigenvalue weighted by atomic mass is 19.1. The Kier molecular flexibility index (Phi) is 7.19. The fraction of sp³-hybridized carbons (Fsp3) is 0.312. The Balaban J connectivity index is 1.31. The van der Waals surface area contributed by atoms with Crippen LogP contribution in [0.2, 0.25) is 0 Å². The highest BCUT2D eigenvalue weighted by Gasteiger charge is 2.46. The number of nitrogens with one attached hydrogen (secondary N) is 1. The number of fused-ring (bicyclic) bond motifs is 2. The standard InChI is InChI=1S/C32H31F2N5O3/c33-25-11-5-4-9-23(25)27-17-28-38(19-21(20-42-28)18-37-13-15-41-16-14-37)39(27)31-32(40)36-30-24(10-6-12-26(30)34)29(35-31)22-7-2-1-3-8-22/h1-12,17,21,27,31H,13-16,18-20H2,(H,36,40)/t21?,27?,31-/m0/s1. The summed E-state index contributed by atoms with van der Waals surface area (Å²) in [5.41, 5.74) is 2.15. The number of hydrogen-bond acceptors (Lipinski definition) is 7.